The average molecular weight is 162 g/mol. The van der Waals surface area contributed by atoms with Crippen LogP contribution in [0.5, 0.6) is 0 Å². The SMILES string of the molecule is [2H]C1CCNC(c2ccccc2)C1. The molecule has 0 aromatic heterocycles. The van der Waals surface area contributed by atoms with Crippen LogP contribution >= 0.6 is 0 Å². The van der Waals surface area contributed by atoms with Crippen LogP contribution in [-0.4, -0.2) is 6.54 Å². The second-order valence-electron chi connectivity index (χ2n) is 3.23. The second-order valence-corrected chi connectivity index (χ2v) is 3.23. The Kier molecular flexibility index (Phi) is 2.07. The van der Waals surface area contributed by atoms with E-state index in [1.54, 1.807) is 0 Å². The lowest BCUT2D eigenvalue weighted by Gasteiger charge is -2.23. The smallest absolute Gasteiger partial charge is 0.0320 e. The van der Waals surface area contributed by atoms with Gasteiger partial charge in [0.25, 0.3) is 0 Å². The zero-order valence-corrected chi connectivity index (χ0v) is 7.16. The summed E-state index contributed by atoms with van der Waals surface area (Å²) < 4.78 is 7.71. The predicted octanol–water partition coefficient (Wildman–Crippen LogP) is 2.50. The molecule has 0 spiro atoms. The van der Waals surface area contributed by atoms with E-state index >= 15 is 0 Å². The summed E-state index contributed by atoms with van der Waals surface area (Å²) in [5.41, 5.74) is 1.32. The zero-order chi connectivity index (χ0) is 9.10. The van der Waals surface area contributed by atoms with Crippen LogP contribution in [0.1, 0.15) is 32.2 Å². The fraction of sp³-hybridized carbons (Fsp3) is 0.455. The van der Waals surface area contributed by atoms with Crippen molar-refractivity contribution < 1.29 is 1.37 Å². The first kappa shape index (κ1) is 6.67. The molecular weight excluding hydrogens is 146 g/mol. The summed E-state index contributed by atoms with van der Waals surface area (Å²) in [6.07, 6.45) is 2.05. The van der Waals surface area contributed by atoms with Crippen molar-refractivity contribution in [3.63, 3.8) is 0 Å². The van der Waals surface area contributed by atoms with Gasteiger partial charge in [-0.3, -0.25) is 0 Å². The lowest BCUT2D eigenvalue weighted by molar-refractivity contribution is 0.412. The number of piperidine rings is 1. The van der Waals surface area contributed by atoms with Gasteiger partial charge >= 0.3 is 0 Å². The number of rotatable bonds is 1. The largest absolute Gasteiger partial charge is 0.310 e. The molecule has 1 nitrogen and oxygen atoms in total. The Morgan fingerprint density at radius 1 is 1.33 bits per heavy atom. The van der Waals surface area contributed by atoms with Crippen molar-refractivity contribution in [2.45, 2.75) is 25.3 Å². The Hall–Kier alpha value is -0.820. The third-order valence-electron chi connectivity index (χ3n) is 2.34. The van der Waals surface area contributed by atoms with E-state index in [4.69, 9.17) is 1.37 Å². The lowest BCUT2D eigenvalue weighted by Crippen LogP contribution is -2.26. The van der Waals surface area contributed by atoms with Gasteiger partial charge in [-0.05, 0) is 24.9 Å². The maximum Gasteiger partial charge on any atom is 0.0320 e. The molecule has 2 unspecified atom stereocenters. The summed E-state index contributed by atoms with van der Waals surface area (Å²) in [5.74, 6) is 0. The van der Waals surface area contributed by atoms with Crippen LogP contribution in [0.4, 0.5) is 0 Å². The van der Waals surface area contributed by atoms with Gasteiger partial charge in [0, 0.05) is 7.41 Å². The Labute approximate surface area is 75.2 Å². The van der Waals surface area contributed by atoms with Gasteiger partial charge in [0.1, 0.15) is 0 Å². The van der Waals surface area contributed by atoms with E-state index in [2.05, 4.69) is 29.6 Å². The van der Waals surface area contributed by atoms with Gasteiger partial charge < -0.3 is 5.32 Å². The molecule has 1 fully saturated rings. The van der Waals surface area contributed by atoms with Gasteiger partial charge in [0.05, 0.1) is 0 Å². The molecular formula is C11H15N. The summed E-state index contributed by atoms with van der Waals surface area (Å²) in [7, 11) is 0. The number of hydrogen-bond acceptors (Lipinski definition) is 1. The normalized spacial score (nSPS) is 31.2. The third kappa shape index (κ3) is 1.67. The first-order valence-corrected chi connectivity index (χ1v) is 4.57. The number of benzene rings is 1. The van der Waals surface area contributed by atoms with E-state index in [1.165, 1.54) is 5.56 Å². The van der Waals surface area contributed by atoms with Gasteiger partial charge in [0.15, 0.2) is 0 Å². The van der Waals surface area contributed by atoms with Gasteiger partial charge in [-0.2, -0.15) is 0 Å². The number of hydrogen-bond donors (Lipinski definition) is 1. The molecule has 1 heteroatoms. The van der Waals surface area contributed by atoms with Crippen LogP contribution in [0.15, 0.2) is 30.3 Å². The zero-order valence-electron chi connectivity index (χ0n) is 8.16. The van der Waals surface area contributed by atoms with Gasteiger partial charge in [-0.15, -0.1) is 0 Å². The van der Waals surface area contributed by atoms with Crippen molar-refractivity contribution >= 4 is 0 Å². The fourth-order valence-electron chi connectivity index (χ4n) is 1.67. The standard InChI is InChI=1S/C11H15N/c1-2-6-10(7-3-1)11-8-4-5-9-12-11/h1-3,6-7,11-12H,4-5,8-9H2/i4D. The molecule has 0 amide bonds. The molecule has 0 bridgehead atoms. The Morgan fingerprint density at radius 2 is 2.17 bits per heavy atom. The van der Waals surface area contributed by atoms with Crippen LogP contribution in [0, 0.1) is 0 Å². The minimum absolute atomic E-state index is 0.117. The molecule has 1 N–H and O–H groups in total. The van der Waals surface area contributed by atoms with E-state index in [0.717, 1.165) is 19.4 Å². The second kappa shape index (κ2) is 3.72. The molecule has 64 valence electrons. The van der Waals surface area contributed by atoms with Crippen molar-refractivity contribution in [2.75, 3.05) is 6.54 Å². The molecule has 2 atom stereocenters. The Morgan fingerprint density at radius 3 is 2.92 bits per heavy atom. The summed E-state index contributed by atoms with van der Waals surface area (Å²) in [6.45, 7) is 0.980. The van der Waals surface area contributed by atoms with Crippen LogP contribution in [0.2, 0.25) is 0 Å². The van der Waals surface area contributed by atoms with E-state index in [-0.39, 0.29) is 6.40 Å². The van der Waals surface area contributed by atoms with Crippen molar-refractivity contribution in [1.29, 1.82) is 0 Å². The van der Waals surface area contributed by atoms with Crippen molar-refractivity contribution in [3.8, 4) is 0 Å². The molecule has 0 aliphatic carbocycles. The Balaban J connectivity index is 2.08. The predicted molar refractivity (Wildman–Crippen MR) is 51.0 cm³/mol. The summed E-state index contributed by atoms with van der Waals surface area (Å²) in [6, 6.07) is 10.8. The van der Waals surface area contributed by atoms with Crippen LogP contribution in [0.25, 0.3) is 0 Å². The van der Waals surface area contributed by atoms with Crippen LogP contribution < -0.4 is 5.32 Å². The highest BCUT2D eigenvalue weighted by Crippen LogP contribution is 2.21. The molecule has 1 aliphatic rings. The molecule has 1 aliphatic heterocycles. The average Bonchev–Trinajstić information content (AvgIpc) is 2.19. The van der Waals surface area contributed by atoms with Gasteiger partial charge in [0.2, 0.25) is 0 Å². The van der Waals surface area contributed by atoms with Gasteiger partial charge in [-0.25, -0.2) is 0 Å². The van der Waals surface area contributed by atoms with E-state index in [9.17, 15) is 0 Å². The van der Waals surface area contributed by atoms with E-state index in [1.807, 2.05) is 6.07 Å². The minimum Gasteiger partial charge on any atom is -0.310 e. The van der Waals surface area contributed by atoms with Gasteiger partial charge in [-0.1, -0.05) is 36.7 Å². The third-order valence-corrected chi connectivity index (χ3v) is 2.34. The van der Waals surface area contributed by atoms with Crippen molar-refractivity contribution in [3.05, 3.63) is 35.9 Å². The molecule has 0 saturated carbocycles. The van der Waals surface area contributed by atoms with E-state index < -0.39 is 0 Å². The highest BCUT2D eigenvalue weighted by molar-refractivity contribution is 5.19. The van der Waals surface area contributed by atoms with E-state index in [0.29, 0.717) is 6.04 Å². The quantitative estimate of drug-likeness (QED) is 0.669. The first-order valence-electron chi connectivity index (χ1n) is 5.14. The molecule has 1 aromatic rings. The van der Waals surface area contributed by atoms with Crippen molar-refractivity contribution in [1.82, 2.24) is 5.32 Å². The number of nitrogens with one attached hydrogen (secondary N) is 1. The van der Waals surface area contributed by atoms with Crippen LogP contribution in [0.3, 0.4) is 0 Å². The first-order chi connectivity index (χ1) is 6.36. The minimum atomic E-state index is 0.117. The molecule has 1 saturated heterocycles. The molecule has 12 heavy (non-hydrogen) atoms. The topological polar surface area (TPSA) is 12.0 Å². The molecule has 1 aromatic carbocycles. The fourth-order valence-corrected chi connectivity index (χ4v) is 1.67. The molecule has 2 rings (SSSR count). The lowest BCUT2D eigenvalue weighted by atomic mass is 9.98. The Bertz CT molecular complexity index is 260. The maximum atomic E-state index is 7.71. The molecule has 0 radical (unpaired) electrons. The molecule has 1 heterocycles. The van der Waals surface area contributed by atoms with Crippen molar-refractivity contribution in [2.24, 2.45) is 0 Å². The summed E-state index contributed by atoms with van der Waals surface area (Å²) in [5, 5.41) is 3.45. The summed E-state index contributed by atoms with van der Waals surface area (Å²) in [4.78, 5) is 0. The maximum absolute atomic E-state index is 7.71. The van der Waals surface area contributed by atoms with Crippen LogP contribution in [-0.2, 0) is 0 Å². The summed E-state index contributed by atoms with van der Waals surface area (Å²) >= 11 is 0. The monoisotopic (exact) mass is 162 g/mol. The highest BCUT2D eigenvalue weighted by atomic mass is 14.9. The highest BCUT2D eigenvalue weighted by Gasteiger charge is 2.13.